The molecule has 0 aromatic heterocycles. The van der Waals surface area contributed by atoms with Crippen molar-refractivity contribution < 1.29 is 0 Å². The Morgan fingerprint density at radius 1 is 1.07 bits per heavy atom. The number of nitrogens with one attached hydrogen (secondary N) is 1. The molecule has 0 aliphatic heterocycles. The molecule has 0 atom stereocenters. The van der Waals surface area contributed by atoms with Gasteiger partial charge in [-0.2, -0.15) is 0 Å². The molecule has 0 amide bonds. The highest BCUT2D eigenvalue weighted by atomic mass is 35.5. The third kappa shape index (κ3) is 2.28. The average Bonchev–Trinajstić information content (AvgIpc) is 2.15. The summed E-state index contributed by atoms with van der Waals surface area (Å²) in [6.07, 6.45) is 0. The van der Waals surface area contributed by atoms with Crippen LogP contribution < -0.4 is 5.32 Å². The lowest BCUT2D eigenvalue weighted by Crippen LogP contribution is -2.13. The van der Waals surface area contributed by atoms with Crippen molar-refractivity contribution in [2.24, 2.45) is 0 Å². The first kappa shape index (κ1) is 11.5. The Labute approximate surface area is 91.5 Å². The molecule has 0 unspecified atom stereocenters. The van der Waals surface area contributed by atoms with E-state index in [1.165, 1.54) is 27.8 Å². The third-order valence-corrected chi connectivity index (χ3v) is 3.11. The van der Waals surface area contributed by atoms with E-state index in [9.17, 15) is 0 Å². The molecule has 0 aliphatic carbocycles. The summed E-state index contributed by atoms with van der Waals surface area (Å²) in [7, 11) is 0. The fraction of sp³-hybridized carbons (Fsp3) is 0.500. The van der Waals surface area contributed by atoms with Crippen LogP contribution >= 0.6 is 11.6 Å². The van der Waals surface area contributed by atoms with Crippen molar-refractivity contribution in [3.8, 4) is 0 Å². The number of aryl methyl sites for hydroxylation is 2. The van der Waals surface area contributed by atoms with Crippen molar-refractivity contribution in [3.05, 3.63) is 33.9 Å². The molecule has 78 valence electrons. The van der Waals surface area contributed by atoms with Crippen molar-refractivity contribution in [2.45, 2.75) is 34.2 Å². The van der Waals surface area contributed by atoms with Gasteiger partial charge in [0, 0.05) is 6.54 Å². The van der Waals surface area contributed by atoms with E-state index >= 15 is 0 Å². The zero-order chi connectivity index (χ0) is 10.7. The molecule has 14 heavy (non-hydrogen) atoms. The van der Waals surface area contributed by atoms with Gasteiger partial charge in [-0.3, -0.25) is 5.32 Å². The largest absolute Gasteiger partial charge is 0.300 e. The van der Waals surface area contributed by atoms with E-state index in [4.69, 9.17) is 11.6 Å². The van der Waals surface area contributed by atoms with Crippen molar-refractivity contribution >= 4 is 11.6 Å². The molecule has 0 saturated carbocycles. The molecule has 0 spiro atoms. The maximum absolute atomic E-state index is 5.62. The molecule has 0 aliphatic rings. The van der Waals surface area contributed by atoms with Crippen LogP contribution in [-0.2, 0) is 6.54 Å². The van der Waals surface area contributed by atoms with Crippen LogP contribution in [0.15, 0.2) is 6.07 Å². The van der Waals surface area contributed by atoms with Gasteiger partial charge in [0.15, 0.2) is 0 Å². The lowest BCUT2D eigenvalue weighted by molar-refractivity contribution is 0.778. The standard InChI is InChI=1S/C12H18ClN/c1-8-5-9(2)11(4)12(10(8)3)6-14-7-13/h5,14H,6-7H2,1-4H3. The minimum absolute atomic E-state index is 0.506. The fourth-order valence-electron chi connectivity index (χ4n) is 1.74. The molecule has 1 nitrogen and oxygen atoms in total. The van der Waals surface area contributed by atoms with Crippen LogP contribution in [0.3, 0.4) is 0 Å². The number of halogens is 1. The second-order valence-corrected chi connectivity index (χ2v) is 4.07. The van der Waals surface area contributed by atoms with E-state index in [2.05, 4.69) is 39.1 Å². The first-order valence-electron chi connectivity index (χ1n) is 4.91. The zero-order valence-corrected chi connectivity index (χ0v) is 10.1. The quantitative estimate of drug-likeness (QED) is 0.598. The van der Waals surface area contributed by atoms with E-state index in [1.54, 1.807) is 0 Å². The van der Waals surface area contributed by atoms with Crippen LogP contribution in [0.2, 0.25) is 0 Å². The number of benzene rings is 1. The molecule has 0 bridgehead atoms. The van der Waals surface area contributed by atoms with Gasteiger partial charge in [0.2, 0.25) is 0 Å². The Hall–Kier alpha value is -0.530. The van der Waals surface area contributed by atoms with Crippen LogP contribution in [0.25, 0.3) is 0 Å². The molecule has 0 heterocycles. The second-order valence-electron chi connectivity index (χ2n) is 3.80. The van der Waals surface area contributed by atoms with Crippen molar-refractivity contribution in [1.29, 1.82) is 0 Å². The van der Waals surface area contributed by atoms with Crippen LogP contribution in [0.5, 0.6) is 0 Å². The van der Waals surface area contributed by atoms with E-state index in [-0.39, 0.29) is 0 Å². The van der Waals surface area contributed by atoms with Crippen molar-refractivity contribution in [3.63, 3.8) is 0 Å². The molecule has 1 aromatic carbocycles. The predicted molar refractivity (Wildman–Crippen MR) is 62.9 cm³/mol. The van der Waals surface area contributed by atoms with E-state index < -0.39 is 0 Å². The summed E-state index contributed by atoms with van der Waals surface area (Å²) in [6.45, 7) is 9.53. The number of alkyl halides is 1. The summed E-state index contributed by atoms with van der Waals surface area (Å²) in [4.78, 5) is 0. The van der Waals surface area contributed by atoms with Crippen LogP contribution in [-0.4, -0.2) is 6.00 Å². The van der Waals surface area contributed by atoms with Gasteiger partial charge in [-0.1, -0.05) is 6.07 Å². The summed E-state index contributed by atoms with van der Waals surface area (Å²) in [5.41, 5.74) is 6.87. The summed E-state index contributed by atoms with van der Waals surface area (Å²) >= 11 is 5.62. The SMILES string of the molecule is Cc1cc(C)c(C)c(CNCCl)c1C. The maximum Gasteiger partial charge on any atom is 0.0716 e. The predicted octanol–water partition coefficient (Wildman–Crippen LogP) is 3.21. The Morgan fingerprint density at radius 2 is 1.57 bits per heavy atom. The lowest BCUT2D eigenvalue weighted by atomic mass is 9.94. The Balaban J connectivity index is 3.11. The Kier molecular flexibility index (Phi) is 3.97. The Morgan fingerprint density at radius 3 is 2.00 bits per heavy atom. The molecule has 1 aromatic rings. The summed E-state index contributed by atoms with van der Waals surface area (Å²) in [5, 5.41) is 3.17. The number of rotatable bonds is 3. The molecule has 0 radical (unpaired) electrons. The van der Waals surface area contributed by atoms with Gasteiger partial charge in [0.1, 0.15) is 0 Å². The Bertz CT molecular complexity index is 305. The van der Waals surface area contributed by atoms with Gasteiger partial charge in [-0.25, -0.2) is 0 Å². The average molecular weight is 212 g/mol. The highest BCUT2D eigenvalue weighted by molar-refractivity contribution is 6.17. The molecule has 0 fully saturated rings. The van der Waals surface area contributed by atoms with Gasteiger partial charge in [-0.15, -0.1) is 11.6 Å². The second kappa shape index (κ2) is 4.81. The van der Waals surface area contributed by atoms with Gasteiger partial charge in [0.05, 0.1) is 6.00 Å². The zero-order valence-electron chi connectivity index (χ0n) is 9.37. The fourth-order valence-corrected chi connectivity index (χ4v) is 1.83. The minimum Gasteiger partial charge on any atom is -0.300 e. The first-order valence-corrected chi connectivity index (χ1v) is 5.44. The van der Waals surface area contributed by atoms with E-state index in [0.29, 0.717) is 6.00 Å². The van der Waals surface area contributed by atoms with Crippen molar-refractivity contribution in [2.75, 3.05) is 6.00 Å². The van der Waals surface area contributed by atoms with Crippen LogP contribution in [0, 0.1) is 27.7 Å². The van der Waals surface area contributed by atoms with Crippen LogP contribution in [0.1, 0.15) is 27.8 Å². The number of hydrogen-bond acceptors (Lipinski definition) is 1. The van der Waals surface area contributed by atoms with Gasteiger partial charge >= 0.3 is 0 Å². The van der Waals surface area contributed by atoms with E-state index in [1.807, 2.05) is 0 Å². The minimum atomic E-state index is 0.506. The highest BCUT2D eigenvalue weighted by Gasteiger charge is 2.07. The topological polar surface area (TPSA) is 12.0 Å². The first-order chi connectivity index (χ1) is 6.57. The molecular formula is C12H18ClN. The number of hydrogen-bond donors (Lipinski definition) is 1. The monoisotopic (exact) mass is 211 g/mol. The van der Waals surface area contributed by atoms with Gasteiger partial charge in [0.25, 0.3) is 0 Å². The smallest absolute Gasteiger partial charge is 0.0716 e. The summed E-state index contributed by atoms with van der Waals surface area (Å²) in [5.74, 6) is 0. The van der Waals surface area contributed by atoms with Gasteiger partial charge in [-0.05, 0) is 55.5 Å². The summed E-state index contributed by atoms with van der Waals surface area (Å²) in [6, 6.07) is 2.75. The molecule has 2 heteroatoms. The normalized spacial score (nSPS) is 10.6. The molecular weight excluding hydrogens is 194 g/mol. The lowest BCUT2D eigenvalue weighted by Gasteiger charge is -2.15. The van der Waals surface area contributed by atoms with Crippen molar-refractivity contribution in [1.82, 2.24) is 5.32 Å². The third-order valence-electron chi connectivity index (χ3n) is 2.92. The maximum atomic E-state index is 5.62. The van der Waals surface area contributed by atoms with Gasteiger partial charge < -0.3 is 0 Å². The van der Waals surface area contributed by atoms with E-state index in [0.717, 1.165) is 6.54 Å². The molecule has 0 saturated heterocycles. The molecule has 1 rings (SSSR count). The summed E-state index contributed by atoms with van der Waals surface area (Å²) < 4.78 is 0. The van der Waals surface area contributed by atoms with Crippen LogP contribution in [0.4, 0.5) is 0 Å². The molecule has 1 N–H and O–H groups in total. The highest BCUT2D eigenvalue weighted by Crippen LogP contribution is 2.21.